The van der Waals surface area contributed by atoms with E-state index < -0.39 is 24.3 Å². The van der Waals surface area contributed by atoms with Crippen molar-refractivity contribution in [1.82, 2.24) is 19.9 Å². The van der Waals surface area contributed by atoms with Crippen LogP contribution in [0.1, 0.15) is 27.3 Å². The van der Waals surface area contributed by atoms with E-state index in [1.54, 1.807) is 61.2 Å². The second kappa shape index (κ2) is 20.0. The van der Waals surface area contributed by atoms with Gasteiger partial charge in [0, 0.05) is 40.8 Å². The van der Waals surface area contributed by atoms with E-state index in [4.69, 9.17) is 76.8 Å². The molecule has 0 atom stereocenters. The summed E-state index contributed by atoms with van der Waals surface area (Å²) in [6, 6.07) is 17.7. The zero-order valence-electron chi connectivity index (χ0n) is 27.7. The summed E-state index contributed by atoms with van der Waals surface area (Å²) in [6.45, 7) is 0.710. The molecule has 6 aromatic rings. The molecule has 22 heteroatoms. The number of aliphatic carboxylic acids is 2. The molecule has 56 heavy (non-hydrogen) atoms. The Hall–Kier alpha value is -5.40. The third-order valence-corrected chi connectivity index (χ3v) is 8.05. The topological polar surface area (TPSA) is 197 Å². The Bertz CT molecular complexity index is 2260. The van der Waals surface area contributed by atoms with Crippen molar-refractivity contribution < 1.29 is 55.8 Å². The highest BCUT2D eigenvalue weighted by Gasteiger charge is 2.38. The minimum atomic E-state index is -5.08. The number of oxime groups is 1. The SMILES string of the molecule is NCCON=C(c1ccc(Cl)c(Cl)c1)c1cc2ccncc2[nH]1.O=C(O)C(F)(F)F.O=C(O)C(F)(F)F.O=C(c1ccc(Cl)c(Cl)c1)c1cc2ccncc2[nH]1. The van der Waals surface area contributed by atoms with Gasteiger partial charge in [0.1, 0.15) is 12.3 Å². The zero-order chi connectivity index (χ0) is 41.8. The Labute approximate surface area is 330 Å². The minimum absolute atomic E-state index is 0.130. The Morgan fingerprint density at radius 1 is 0.679 bits per heavy atom. The van der Waals surface area contributed by atoms with Crippen LogP contribution in [0, 0.1) is 0 Å². The molecule has 0 saturated heterocycles. The van der Waals surface area contributed by atoms with Crippen molar-refractivity contribution in [1.29, 1.82) is 0 Å². The average Bonchev–Trinajstić information content (AvgIpc) is 3.77. The molecule has 2 aromatic carbocycles. The number of halogens is 10. The van der Waals surface area contributed by atoms with Crippen LogP contribution in [0.3, 0.4) is 0 Å². The van der Waals surface area contributed by atoms with Gasteiger partial charge in [-0.1, -0.05) is 57.6 Å². The lowest BCUT2D eigenvalue weighted by molar-refractivity contribution is -0.193. The van der Waals surface area contributed by atoms with Gasteiger partial charge in [-0.05, 0) is 54.6 Å². The second-order valence-corrected chi connectivity index (χ2v) is 12.2. The fraction of sp³-hybridized carbons (Fsp3) is 0.118. The average molecular weight is 868 g/mol. The van der Waals surface area contributed by atoms with E-state index in [1.807, 2.05) is 24.3 Å². The predicted molar refractivity (Wildman–Crippen MR) is 197 cm³/mol. The first-order chi connectivity index (χ1) is 26.2. The van der Waals surface area contributed by atoms with Crippen LogP contribution in [-0.2, 0) is 14.4 Å². The predicted octanol–water partition coefficient (Wildman–Crippen LogP) is 8.96. The molecule has 0 aliphatic heterocycles. The van der Waals surface area contributed by atoms with Crippen molar-refractivity contribution in [3.05, 3.63) is 128 Å². The Morgan fingerprint density at radius 3 is 1.54 bits per heavy atom. The number of rotatable bonds is 7. The Kier molecular flexibility index (Phi) is 16.0. The largest absolute Gasteiger partial charge is 0.490 e. The van der Waals surface area contributed by atoms with Crippen LogP contribution < -0.4 is 5.73 Å². The van der Waals surface area contributed by atoms with Gasteiger partial charge in [-0.3, -0.25) is 14.8 Å². The number of carbonyl (C=O) groups excluding carboxylic acids is 1. The molecular weight excluding hydrogens is 844 g/mol. The summed E-state index contributed by atoms with van der Waals surface area (Å²) in [7, 11) is 0. The summed E-state index contributed by atoms with van der Waals surface area (Å²) >= 11 is 23.9. The molecule has 4 heterocycles. The molecule has 0 aliphatic rings. The highest BCUT2D eigenvalue weighted by Crippen LogP contribution is 2.26. The van der Waals surface area contributed by atoms with E-state index in [0.29, 0.717) is 50.2 Å². The maximum atomic E-state index is 12.3. The number of nitrogens with zero attached hydrogens (tertiary/aromatic N) is 3. The number of fused-ring (bicyclic) bond motifs is 2. The molecule has 4 aromatic heterocycles. The molecule has 0 aliphatic carbocycles. The number of aromatic nitrogens is 4. The summed E-state index contributed by atoms with van der Waals surface area (Å²) in [5.74, 6) is -5.64. The van der Waals surface area contributed by atoms with Crippen molar-refractivity contribution in [2.24, 2.45) is 10.9 Å². The number of ketones is 1. The number of carbonyl (C=O) groups is 3. The first kappa shape index (κ1) is 45.0. The van der Waals surface area contributed by atoms with Gasteiger partial charge in [0.25, 0.3) is 0 Å². The van der Waals surface area contributed by atoms with Crippen molar-refractivity contribution in [2.75, 3.05) is 13.2 Å². The Morgan fingerprint density at radius 2 is 1.11 bits per heavy atom. The van der Waals surface area contributed by atoms with Crippen LogP contribution in [0.25, 0.3) is 21.8 Å². The van der Waals surface area contributed by atoms with Gasteiger partial charge in [0.05, 0.1) is 54.9 Å². The lowest BCUT2D eigenvalue weighted by Gasteiger charge is -2.06. The maximum absolute atomic E-state index is 12.3. The van der Waals surface area contributed by atoms with Gasteiger partial charge in [0.2, 0.25) is 5.78 Å². The van der Waals surface area contributed by atoms with E-state index in [1.165, 1.54) is 0 Å². The van der Waals surface area contributed by atoms with Crippen LogP contribution in [0.4, 0.5) is 26.3 Å². The molecular formula is C34H24Cl4F6N6O6. The third-order valence-electron chi connectivity index (χ3n) is 6.57. The molecule has 6 rings (SSSR count). The standard InChI is InChI=1S/C16H14Cl2N4O.C14H8Cl2N2O.2C2HF3O2/c17-12-2-1-11(7-13(12)18)16(22-23-6-4-19)14-8-10-3-5-20-9-15(10)21-14;15-10-2-1-9(5-11(10)16)14(19)12-6-8-3-4-17-7-13(8)18-12;2*3-2(4,5)1(6)7/h1-3,5,7-9,21H,4,6,19H2;1-7,18H;2*(H,6,7). The number of benzene rings is 2. The quantitative estimate of drug-likeness (QED) is 0.0342. The smallest absolute Gasteiger partial charge is 0.475 e. The first-order valence-electron chi connectivity index (χ1n) is 15.0. The van der Waals surface area contributed by atoms with Gasteiger partial charge in [-0.15, -0.1) is 0 Å². The maximum Gasteiger partial charge on any atom is 0.490 e. The van der Waals surface area contributed by atoms with E-state index >= 15 is 0 Å². The van der Waals surface area contributed by atoms with E-state index in [-0.39, 0.29) is 5.78 Å². The molecule has 0 unspecified atom stereocenters. The Balaban J connectivity index is 0.000000228. The summed E-state index contributed by atoms with van der Waals surface area (Å²) < 4.78 is 63.5. The number of nitrogens with one attached hydrogen (secondary N) is 2. The molecule has 0 amide bonds. The fourth-order valence-corrected chi connectivity index (χ4v) is 4.65. The zero-order valence-corrected chi connectivity index (χ0v) is 30.7. The summed E-state index contributed by atoms with van der Waals surface area (Å²) in [5, 5.41) is 22.2. The number of hydrogen-bond donors (Lipinski definition) is 5. The third kappa shape index (κ3) is 13.1. The van der Waals surface area contributed by atoms with E-state index in [0.717, 1.165) is 33.1 Å². The molecule has 0 fully saturated rings. The van der Waals surface area contributed by atoms with Crippen LogP contribution in [-0.4, -0.2) is 79.1 Å². The molecule has 0 radical (unpaired) electrons. The molecule has 296 valence electrons. The molecule has 12 nitrogen and oxygen atoms in total. The van der Waals surface area contributed by atoms with Crippen LogP contribution in [0.2, 0.25) is 20.1 Å². The number of H-pyrrole nitrogens is 2. The number of aromatic amines is 2. The summed E-state index contributed by atoms with van der Waals surface area (Å²) in [4.78, 5) is 49.8. The van der Waals surface area contributed by atoms with Gasteiger partial charge in [0.15, 0.2) is 0 Å². The fourth-order valence-electron chi connectivity index (χ4n) is 4.05. The van der Waals surface area contributed by atoms with E-state index in [9.17, 15) is 31.1 Å². The van der Waals surface area contributed by atoms with Crippen LogP contribution in [0.5, 0.6) is 0 Å². The second-order valence-electron chi connectivity index (χ2n) is 10.5. The van der Waals surface area contributed by atoms with Gasteiger partial charge < -0.3 is 30.8 Å². The van der Waals surface area contributed by atoms with Gasteiger partial charge >= 0.3 is 24.3 Å². The first-order valence-corrected chi connectivity index (χ1v) is 16.5. The number of carboxylic acids is 2. The van der Waals surface area contributed by atoms with E-state index in [2.05, 4.69) is 25.1 Å². The molecule has 0 bridgehead atoms. The minimum Gasteiger partial charge on any atom is -0.475 e. The van der Waals surface area contributed by atoms with Crippen LogP contribution >= 0.6 is 46.4 Å². The number of nitrogens with two attached hydrogens (primary N) is 1. The molecule has 0 saturated carbocycles. The van der Waals surface area contributed by atoms with Crippen molar-refractivity contribution in [2.45, 2.75) is 12.4 Å². The molecule has 6 N–H and O–H groups in total. The monoisotopic (exact) mass is 866 g/mol. The van der Waals surface area contributed by atoms with Crippen molar-refractivity contribution in [3.8, 4) is 0 Å². The van der Waals surface area contributed by atoms with Gasteiger partial charge in [-0.25, -0.2) is 9.59 Å². The molecule has 0 spiro atoms. The number of pyridine rings is 2. The van der Waals surface area contributed by atoms with Crippen molar-refractivity contribution >= 4 is 91.6 Å². The normalized spacial score (nSPS) is 11.4. The number of carboxylic acid groups (broad SMARTS) is 2. The van der Waals surface area contributed by atoms with Crippen molar-refractivity contribution in [3.63, 3.8) is 0 Å². The number of alkyl halides is 6. The lowest BCUT2D eigenvalue weighted by Crippen LogP contribution is -2.21. The summed E-state index contributed by atoms with van der Waals surface area (Å²) in [5.41, 5.74) is 10.4. The highest BCUT2D eigenvalue weighted by molar-refractivity contribution is 6.42. The van der Waals surface area contributed by atoms with Crippen LogP contribution in [0.15, 0.2) is 90.6 Å². The lowest BCUT2D eigenvalue weighted by atomic mass is 10.1. The summed E-state index contributed by atoms with van der Waals surface area (Å²) in [6.07, 6.45) is -3.31. The van der Waals surface area contributed by atoms with Gasteiger partial charge in [-0.2, -0.15) is 26.3 Å². The number of hydrogen-bond acceptors (Lipinski definition) is 8. The highest BCUT2D eigenvalue weighted by atomic mass is 35.5.